The van der Waals surface area contributed by atoms with E-state index in [0.717, 1.165) is 36.9 Å². The molecule has 0 amide bonds. The van der Waals surface area contributed by atoms with Crippen molar-refractivity contribution in [1.82, 2.24) is 14.3 Å². The number of nitrogens with one attached hydrogen (secondary N) is 2. The molecular weight excluding hydrogens is 300 g/mol. The van der Waals surface area contributed by atoms with Crippen molar-refractivity contribution in [3.05, 3.63) is 30.6 Å². The van der Waals surface area contributed by atoms with Gasteiger partial charge in [-0.15, -0.1) is 0 Å². The molecule has 0 radical (unpaired) electrons. The Bertz CT molecular complexity index is 733. The molecule has 6 nitrogen and oxygen atoms in total. The number of nitrogens with zero attached hydrogens (tertiary/aromatic N) is 2. The molecule has 0 atom stereocenters. The fourth-order valence-electron chi connectivity index (χ4n) is 3.16. The second-order valence-electron chi connectivity index (χ2n) is 5.93. The van der Waals surface area contributed by atoms with E-state index in [1.165, 1.54) is 7.05 Å². The van der Waals surface area contributed by atoms with Crippen LogP contribution in [0.25, 0.3) is 5.52 Å². The minimum Gasteiger partial charge on any atom is -0.381 e. The van der Waals surface area contributed by atoms with Crippen LogP contribution < -0.4 is 10.0 Å². The minimum absolute atomic E-state index is 0.244. The minimum atomic E-state index is -3.10. The molecule has 2 N–H and O–H groups in total. The first kappa shape index (κ1) is 15.3. The van der Waals surface area contributed by atoms with E-state index in [4.69, 9.17) is 0 Å². The third kappa shape index (κ3) is 3.41. The Kier molecular flexibility index (Phi) is 4.35. The average molecular weight is 322 g/mol. The molecule has 0 saturated heterocycles. The van der Waals surface area contributed by atoms with E-state index in [1.807, 2.05) is 28.9 Å². The average Bonchev–Trinajstić information content (AvgIpc) is 2.99. The van der Waals surface area contributed by atoms with Crippen molar-refractivity contribution >= 4 is 21.2 Å². The number of fused-ring (bicyclic) bond motifs is 1. The van der Waals surface area contributed by atoms with Crippen LogP contribution in [0.2, 0.25) is 0 Å². The molecule has 120 valence electrons. The highest BCUT2D eigenvalue weighted by Crippen LogP contribution is 2.28. The van der Waals surface area contributed by atoms with Crippen molar-refractivity contribution in [2.45, 2.75) is 31.7 Å². The Hall–Kier alpha value is -1.60. The molecule has 2 aromatic rings. The summed E-state index contributed by atoms with van der Waals surface area (Å²) >= 11 is 0. The van der Waals surface area contributed by atoms with Gasteiger partial charge in [0.25, 0.3) is 0 Å². The van der Waals surface area contributed by atoms with E-state index < -0.39 is 10.0 Å². The third-order valence-electron chi connectivity index (χ3n) is 4.41. The quantitative estimate of drug-likeness (QED) is 0.881. The third-order valence-corrected chi connectivity index (χ3v) is 5.94. The van der Waals surface area contributed by atoms with Crippen molar-refractivity contribution in [3.8, 4) is 0 Å². The van der Waals surface area contributed by atoms with Crippen molar-refractivity contribution < 1.29 is 8.42 Å². The number of sulfonamides is 1. The summed E-state index contributed by atoms with van der Waals surface area (Å²) < 4.78 is 27.5. The summed E-state index contributed by atoms with van der Waals surface area (Å²) in [6.07, 6.45) is 7.61. The molecule has 22 heavy (non-hydrogen) atoms. The van der Waals surface area contributed by atoms with Crippen LogP contribution in [0.5, 0.6) is 0 Å². The van der Waals surface area contributed by atoms with Gasteiger partial charge in [0.2, 0.25) is 10.0 Å². The van der Waals surface area contributed by atoms with Crippen molar-refractivity contribution in [3.63, 3.8) is 0 Å². The van der Waals surface area contributed by atoms with Gasteiger partial charge >= 0.3 is 0 Å². The smallest absolute Gasteiger partial charge is 0.211 e. The Balaban J connectivity index is 1.59. The predicted molar refractivity (Wildman–Crippen MR) is 87.4 cm³/mol. The highest BCUT2D eigenvalue weighted by Gasteiger charge is 2.25. The highest BCUT2D eigenvalue weighted by molar-refractivity contribution is 7.89. The van der Waals surface area contributed by atoms with Crippen LogP contribution >= 0.6 is 0 Å². The first-order valence-electron chi connectivity index (χ1n) is 7.67. The SMILES string of the molecule is CNS(=O)(=O)CC1CCC(Nc2ccnn3cccc23)CC1. The Morgan fingerprint density at radius 3 is 2.77 bits per heavy atom. The standard InChI is InChI=1S/C15H22N4O2S/c1-16-22(20,21)11-12-4-6-13(7-5-12)18-14-8-9-17-19-10-2-3-15(14)19/h2-3,8-10,12-13,16,18H,4-7,11H2,1H3. The van der Waals surface area contributed by atoms with Crippen LogP contribution in [-0.4, -0.2) is 36.9 Å². The Morgan fingerprint density at radius 2 is 2.05 bits per heavy atom. The molecule has 3 rings (SSSR count). The van der Waals surface area contributed by atoms with Crippen molar-refractivity contribution in [1.29, 1.82) is 0 Å². The van der Waals surface area contributed by atoms with Gasteiger partial charge in [-0.1, -0.05) is 0 Å². The molecule has 2 heterocycles. The molecule has 1 fully saturated rings. The molecule has 0 aromatic carbocycles. The van der Waals surface area contributed by atoms with Gasteiger partial charge in [-0.25, -0.2) is 17.7 Å². The van der Waals surface area contributed by atoms with E-state index >= 15 is 0 Å². The van der Waals surface area contributed by atoms with Crippen LogP contribution in [0.4, 0.5) is 5.69 Å². The largest absolute Gasteiger partial charge is 0.381 e. The first-order chi connectivity index (χ1) is 10.6. The zero-order chi connectivity index (χ0) is 15.6. The molecule has 0 bridgehead atoms. The number of anilines is 1. The molecule has 1 saturated carbocycles. The van der Waals surface area contributed by atoms with Crippen molar-refractivity contribution in [2.24, 2.45) is 5.92 Å². The van der Waals surface area contributed by atoms with E-state index in [-0.39, 0.29) is 11.7 Å². The molecule has 0 unspecified atom stereocenters. The van der Waals surface area contributed by atoms with Crippen LogP contribution in [0, 0.1) is 5.92 Å². The maximum Gasteiger partial charge on any atom is 0.211 e. The van der Waals surface area contributed by atoms with E-state index in [2.05, 4.69) is 15.1 Å². The lowest BCUT2D eigenvalue weighted by Gasteiger charge is -2.29. The fourth-order valence-corrected chi connectivity index (χ4v) is 4.28. The summed E-state index contributed by atoms with van der Waals surface area (Å²) in [5.74, 6) is 0.510. The summed E-state index contributed by atoms with van der Waals surface area (Å²) in [7, 11) is -1.62. The summed E-state index contributed by atoms with van der Waals surface area (Å²) in [4.78, 5) is 0. The normalized spacial score (nSPS) is 22.8. The molecule has 0 aliphatic heterocycles. The number of hydrogen-bond donors (Lipinski definition) is 2. The lowest BCUT2D eigenvalue weighted by atomic mass is 9.87. The van der Waals surface area contributed by atoms with Gasteiger partial charge in [-0.05, 0) is 56.8 Å². The van der Waals surface area contributed by atoms with Gasteiger partial charge in [0, 0.05) is 18.4 Å². The highest BCUT2D eigenvalue weighted by atomic mass is 32.2. The molecule has 1 aliphatic carbocycles. The maximum absolute atomic E-state index is 11.6. The van der Waals surface area contributed by atoms with Gasteiger partial charge in [0.15, 0.2) is 0 Å². The van der Waals surface area contributed by atoms with E-state index in [0.29, 0.717) is 6.04 Å². The molecule has 2 aromatic heterocycles. The van der Waals surface area contributed by atoms with Gasteiger partial charge in [-0.2, -0.15) is 5.10 Å². The second kappa shape index (κ2) is 6.26. The van der Waals surface area contributed by atoms with Crippen LogP contribution in [0.15, 0.2) is 30.6 Å². The van der Waals surface area contributed by atoms with Gasteiger partial charge in [0.1, 0.15) is 0 Å². The Morgan fingerprint density at radius 1 is 1.27 bits per heavy atom. The zero-order valence-electron chi connectivity index (χ0n) is 12.7. The monoisotopic (exact) mass is 322 g/mol. The summed E-state index contributed by atoms with van der Waals surface area (Å²) in [6.45, 7) is 0. The summed E-state index contributed by atoms with van der Waals surface area (Å²) in [5, 5.41) is 7.84. The van der Waals surface area contributed by atoms with Gasteiger partial charge < -0.3 is 5.32 Å². The van der Waals surface area contributed by atoms with Crippen LogP contribution in [0.1, 0.15) is 25.7 Å². The maximum atomic E-state index is 11.6. The number of aromatic nitrogens is 2. The van der Waals surface area contributed by atoms with E-state index in [1.54, 1.807) is 6.20 Å². The van der Waals surface area contributed by atoms with Crippen molar-refractivity contribution in [2.75, 3.05) is 18.1 Å². The first-order valence-corrected chi connectivity index (χ1v) is 9.33. The second-order valence-corrected chi connectivity index (χ2v) is 7.90. The Labute approximate surface area is 131 Å². The lowest BCUT2D eigenvalue weighted by molar-refractivity contribution is 0.361. The zero-order valence-corrected chi connectivity index (χ0v) is 13.5. The fraction of sp³-hybridized carbons (Fsp3) is 0.533. The van der Waals surface area contributed by atoms with Crippen LogP contribution in [-0.2, 0) is 10.0 Å². The van der Waals surface area contributed by atoms with Gasteiger partial charge in [0.05, 0.1) is 17.0 Å². The summed E-state index contributed by atoms with van der Waals surface area (Å²) in [6, 6.07) is 6.41. The molecular formula is C15H22N4O2S. The molecule has 0 spiro atoms. The topological polar surface area (TPSA) is 75.5 Å². The predicted octanol–water partition coefficient (Wildman–Crippen LogP) is 1.85. The molecule has 1 aliphatic rings. The lowest BCUT2D eigenvalue weighted by Crippen LogP contribution is -2.32. The van der Waals surface area contributed by atoms with Gasteiger partial charge in [-0.3, -0.25) is 0 Å². The summed E-state index contributed by atoms with van der Waals surface area (Å²) in [5.41, 5.74) is 2.16. The number of rotatable bonds is 5. The molecule has 7 heteroatoms. The number of hydrogen-bond acceptors (Lipinski definition) is 4. The van der Waals surface area contributed by atoms with Crippen LogP contribution in [0.3, 0.4) is 0 Å². The van der Waals surface area contributed by atoms with E-state index in [9.17, 15) is 8.42 Å².